The lowest BCUT2D eigenvalue weighted by atomic mass is 10.2. The van der Waals surface area contributed by atoms with E-state index >= 15 is 0 Å². The third-order valence-corrected chi connectivity index (χ3v) is 4.71. The van der Waals surface area contributed by atoms with Crippen molar-refractivity contribution in [3.05, 3.63) is 10.5 Å². The lowest BCUT2D eigenvalue weighted by Gasteiger charge is -2.19. The van der Waals surface area contributed by atoms with Crippen LogP contribution >= 0.6 is 12.2 Å². The monoisotopic (exact) mass is 307 g/mol. The quantitative estimate of drug-likeness (QED) is 0.800. The molecule has 0 amide bonds. The molecule has 1 N–H and O–H groups in total. The van der Waals surface area contributed by atoms with Gasteiger partial charge in [-0.2, -0.15) is 5.10 Å². The van der Waals surface area contributed by atoms with Crippen LogP contribution < -0.4 is 0 Å². The van der Waals surface area contributed by atoms with Crippen LogP contribution in [0.15, 0.2) is 0 Å². The predicted octanol–water partition coefficient (Wildman–Crippen LogP) is 2.87. The number of aromatic nitrogens is 4. The normalized spacial score (nSPS) is 15.4. The van der Waals surface area contributed by atoms with Gasteiger partial charge in [0.05, 0.1) is 5.69 Å². The number of aryl methyl sites for hydroxylation is 2. The second kappa shape index (κ2) is 5.93. The molecule has 1 saturated carbocycles. The van der Waals surface area contributed by atoms with Crippen LogP contribution in [-0.4, -0.2) is 43.4 Å². The number of imidazole rings is 1. The fourth-order valence-electron chi connectivity index (χ4n) is 3.16. The molecule has 0 atom stereocenters. The van der Waals surface area contributed by atoms with Crippen molar-refractivity contribution >= 4 is 23.4 Å². The summed E-state index contributed by atoms with van der Waals surface area (Å²) in [7, 11) is 2.01. The lowest BCUT2D eigenvalue weighted by Crippen LogP contribution is -2.29. The number of hydrogen-bond acceptors (Lipinski definition) is 3. The van der Waals surface area contributed by atoms with Gasteiger partial charge in [-0.05, 0) is 38.0 Å². The summed E-state index contributed by atoms with van der Waals surface area (Å²) >= 11 is 5.53. The topological polar surface area (TPSA) is 41.8 Å². The van der Waals surface area contributed by atoms with Gasteiger partial charge in [-0.25, -0.2) is 0 Å². The molecule has 0 aromatic carbocycles. The third kappa shape index (κ3) is 2.79. The van der Waals surface area contributed by atoms with Gasteiger partial charge < -0.3 is 9.55 Å². The summed E-state index contributed by atoms with van der Waals surface area (Å²) in [4.78, 5) is 5.92. The van der Waals surface area contributed by atoms with Crippen LogP contribution in [0.2, 0.25) is 0 Å². The predicted molar refractivity (Wildman–Crippen MR) is 88.2 cm³/mol. The highest BCUT2D eigenvalue weighted by atomic mass is 32.1. The molecule has 0 spiro atoms. The van der Waals surface area contributed by atoms with E-state index in [1.807, 2.05) is 11.7 Å². The van der Waals surface area contributed by atoms with Crippen LogP contribution in [0.3, 0.4) is 0 Å². The van der Waals surface area contributed by atoms with Gasteiger partial charge in [-0.15, -0.1) is 0 Å². The Hall–Kier alpha value is -1.14. The van der Waals surface area contributed by atoms with Gasteiger partial charge in [0.1, 0.15) is 5.52 Å². The van der Waals surface area contributed by atoms with E-state index in [-0.39, 0.29) is 0 Å². The highest BCUT2D eigenvalue weighted by molar-refractivity contribution is 7.71. The van der Waals surface area contributed by atoms with E-state index in [4.69, 9.17) is 12.2 Å². The molecule has 116 valence electrons. The van der Waals surface area contributed by atoms with Crippen LogP contribution in [0.1, 0.15) is 38.8 Å². The fourth-order valence-corrected chi connectivity index (χ4v) is 3.44. The van der Waals surface area contributed by atoms with E-state index in [1.165, 1.54) is 12.8 Å². The lowest BCUT2D eigenvalue weighted by molar-refractivity contribution is 0.266. The van der Waals surface area contributed by atoms with Crippen molar-refractivity contribution in [3.63, 3.8) is 0 Å². The number of fused-ring (bicyclic) bond motifs is 1. The molecule has 5 nitrogen and oxygen atoms in total. The first kappa shape index (κ1) is 14.8. The van der Waals surface area contributed by atoms with Crippen molar-refractivity contribution in [1.82, 2.24) is 24.2 Å². The standard InChI is InChI=1S/C15H25N5S/c1-4-6-12-13-14(18(3)17-12)20(15(21)16-13)10-9-19(5-2)11-7-8-11/h11H,4-10H2,1-3H3,(H,16,21). The van der Waals surface area contributed by atoms with Crippen molar-refractivity contribution in [3.8, 4) is 0 Å². The second-order valence-electron chi connectivity index (χ2n) is 5.96. The number of H-pyrrole nitrogens is 1. The highest BCUT2D eigenvalue weighted by Crippen LogP contribution is 2.26. The summed E-state index contributed by atoms with van der Waals surface area (Å²) in [5.74, 6) is 0. The summed E-state index contributed by atoms with van der Waals surface area (Å²) in [5, 5.41) is 4.64. The largest absolute Gasteiger partial charge is 0.328 e. The summed E-state index contributed by atoms with van der Waals surface area (Å²) in [6.45, 7) is 7.55. The molecule has 1 aliphatic rings. The van der Waals surface area contributed by atoms with E-state index in [9.17, 15) is 0 Å². The maximum Gasteiger partial charge on any atom is 0.179 e. The highest BCUT2D eigenvalue weighted by Gasteiger charge is 2.27. The van der Waals surface area contributed by atoms with Gasteiger partial charge in [0.25, 0.3) is 0 Å². The zero-order chi connectivity index (χ0) is 15.0. The van der Waals surface area contributed by atoms with Gasteiger partial charge in [-0.1, -0.05) is 20.3 Å². The molecule has 2 heterocycles. The van der Waals surface area contributed by atoms with Gasteiger partial charge in [0.15, 0.2) is 10.4 Å². The number of nitrogens with zero attached hydrogens (tertiary/aromatic N) is 4. The van der Waals surface area contributed by atoms with Crippen molar-refractivity contribution in [2.24, 2.45) is 7.05 Å². The number of nitrogens with one attached hydrogen (secondary N) is 1. The Bertz CT molecular complexity index is 676. The third-order valence-electron chi connectivity index (χ3n) is 4.39. The zero-order valence-electron chi connectivity index (χ0n) is 13.2. The molecule has 6 heteroatoms. The molecule has 2 aromatic heterocycles. The Morgan fingerprint density at radius 3 is 2.76 bits per heavy atom. The Kier molecular flexibility index (Phi) is 4.17. The Morgan fingerprint density at radius 2 is 2.14 bits per heavy atom. The average Bonchev–Trinajstić information content (AvgIpc) is 3.18. The summed E-state index contributed by atoms with van der Waals surface area (Å²) in [6.07, 6.45) is 4.81. The van der Waals surface area contributed by atoms with E-state index in [1.54, 1.807) is 0 Å². The molecule has 1 aliphatic carbocycles. The maximum atomic E-state index is 5.53. The molecule has 3 rings (SSSR count). The first-order valence-electron chi connectivity index (χ1n) is 8.04. The van der Waals surface area contributed by atoms with E-state index in [0.717, 1.165) is 60.1 Å². The average molecular weight is 307 g/mol. The maximum absolute atomic E-state index is 5.53. The van der Waals surface area contributed by atoms with Gasteiger partial charge in [0, 0.05) is 26.2 Å². The number of aromatic amines is 1. The van der Waals surface area contributed by atoms with Crippen LogP contribution in [0.25, 0.3) is 11.2 Å². The molecule has 0 saturated heterocycles. The van der Waals surface area contributed by atoms with Crippen LogP contribution in [0.4, 0.5) is 0 Å². The molecule has 1 fully saturated rings. The SMILES string of the molecule is CCCc1nn(C)c2c1[nH]c(=S)n2CCN(CC)C1CC1. The second-order valence-corrected chi connectivity index (χ2v) is 6.35. The Balaban J connectivity index is 1.87. The molecule has 21 heavy (non-hydrogen) atoms. The summed E-state index contributed by atoms with van der Waals surface area (Å²) < 4.78 is 5.00. The zero-order valence-corrected chi connectivity index (χ0v) is 14.0. The Morgan fingerprint density at radius 1 is 1.38 bits per heavy atom. The van der Waals surface area contributed by atoms with Crippen LogP contribution in [-0.2, 0) is 20.0 Å². The van der Waals surface area contributed by atoms with E-state index in [2.05, 4.69) is 33.4 Å². The van der Waals surface area contributed by atoms with Gasteiger partial charge in [0.2, 0.25) is 0 Å². The minimum absolute atomic E-state index is 0.806. The van der Waals surface area contributed by atoms with Crippen LogP contribution in [0.5, 0.6) is 0 Å². The molecule has 0 radical (unpaired) electrons. The fraction of sp³-hybridized carbons (Fsp3) is 0.733. The van der Waals surface area contributed by atoms with Crippen molar-refractivity contribution < 1.29 is 0 Å². The van der Waals surface area contributed by atoms with E-state index in [0.29, 0.717) is 0 Å². The van der Waals surface area contributed by atoms with E-state index < -0.39 is 0 Å². The first-order valence-corrected chi connectivity index (χ1v) is 8.45. The smallest absolute Gasteiger partial charge is 0.179 e. The molecule has 0 aliphatic heterocycles. The number of rotatable bonds is 7. The molecule has 2 aromatic rings. The number of likely N-dealkylation sites (N-methyl/N-ethyl adjacent to an activating group) is 1. The summed E-state index contributed by atoms with van der Waals surface area (Å²) in [6, 6.07) is 0.806. The molecule has 0 unspecified atom stereocenters. The Labute approximate surface area is 130 Å². The molecular formula is C15H25N5S. The first-order chi connectivity index (χ1) is 10.2. The van der Waals surface area contributed by atoms with Crippen molar-refractivity contribution in [1.29, 1.82) is 0 Å². The van der Waals surface area contributed by atoms with Gasteiger partial charge >= 0.3 is 0 Å². The minimum Gasteiger partial charge on any atom is -0.328 e. The van der Waals surface area contributed by atoms with Crippen molar-refractivity contribution in [2.75, 3.05) is 13.1 Å². The van der Waals surface area contributed by atoms with Crippen molar-refractivity contribution in [2.45, 2.75) is 52.1 Å². The summed E-state index contributed by atoms with van der Waals surface area (Å²) in [5.41, 5.74) is 3.39. The van der Waals surface area contributed by atoms with Gasteiger partial charge in [-0.3, -0.25) is 9.58 Å². The number of hydrogen-bond donors (Lipinski definition) is 1. The molecular weight excluding hydrogens is 282 g/mol. The van der Waals surface area contributed by atoms with Crippen LogP contribution in [0, 0.1) is 4.77 Å². The minimum atomic E-state index is 0.806. The molecule has 0 bridgehead atoms.